The largest absolute Gasteiger partial charge is 0.503 e. The van der Waals surface area contributed by atoms with Gasteiger partial charge in [-0.2, -0.15) is 0 Å². The highest BCUT2D eigenvalue weighted by atomic mass is 16.3. The summed E-state index contributed by atoms with van der Waals surface area (Å²) in [4.78, 5) is 30.4. The molecule has 4 rings (SSSR count). The van der Waals surface area contributed by atoms with E-state index in [2.05, 4.69) is 20.8 Å². The Balaban J connectivity index is 1.73. The fourth-order valence-electron chi connectivity index (χ4n) is 4.59. The SMILES string of the molecule is CN(C)c1ccc(C2C(C(=O)CCc3ccccc3)=C(O)C(=O)N2c2ccc(C(C)(C)C)cc2)cc1. The van der Waals surface area contributed by atoms with Gasteiger partial charge < -0.3 is 10.0 Å². The van der Waals surface area contributed by atoms with Crippen molar-refractivity contribution in [2.24, 2.45) is 0 Å². The van der Waals surface area contributed by atoms with Gasteiger partial charge in [0, 0.05) is 31.9 Å². The number of hydrogen-bond donors (Lipinski definition) is 1. The molecule has 5 nitrogen and oxygen atoms in total. The number of hydrogen-bond acceptors (Lipinski definition) is 4. The van der Waals surface area contributed by atoms with Gasteiger partial charge in [0.05, 0.1) is 11.6 Å². The van der Waals surface area contributed by atoms with Gasteiger partial charge in [0.25, 0.3) is 5.91 Å². The molecule has 186 valence electrons. The number of anilines is 2. The van der Waals surface area contributed by atoms with Crippen LogP contribution in [0.15, 0.2) is 90.2 Å². The van der Waals surface area contributed by atoms with Crippen molar-refractivity contribution in [3.05, 3.63) is 107 Å². The quantitative estimate of drug-likeness (QED) is 0.439. The van der Waals surface area contributed by atoms with Gasteiger partial charge in [-0.25, -0.2) is 0 Å². The van der Waals surface area contributed by atoms with E-state index < -0.39 is 17.7 Å². The number of aryl methyl sites for hydroxylation is 1. The third kappa shape index (κ3) is 5.06. The summed E-state index contributed by atoms with van der Waals surface area (Å²) in [6.07, 6.45) is 0.747. The predicted molar refractivity (Wildman–Crippen MR) is 146 cm³/mol. The Bertz CT molecular complexity index is 1270. The number of ketones is 1. The summed E-state index contributed by atoms with van der Waals surface area (Å²) < 4.78 is 0. The highest BCUT2D eigenvalue weighted by Gasteiger charge is 2.44. The monoisotopic (exact) mass is 482 g/mol. The maximum Gasteiger partial charge on any atom is 0.294 e. The molecule has 1 aliphatic rings. The van der Waals surface area contributed by atoms with E-state index in [4.69, 9.17) is 0 Å². The number of aliphatic hydroxyl groups is 1. The second-order valence-electron chi connectivity index (χ2n) is 10.5. The first-order valence-corrected chi connectivity index (χ1v) is 12.3. The molecule has 1 aliphatic heterocycles. The zero-order valence-electron chi connectivity index (χ0n) is 21.7. The highest BCUT2D eigenvalue weighted by Crippen LogP contribution is 2.42. The first kappa shape index (κ1) is 25.2. The molecule has 0 spiro atoms. The number of aliphatic hydroxyl groups excluding tert-OH is 1. The molecule has 3 aromatic rings. The maximum absolute atomic E-state index is 13.5. The van der Waals surface area contributed by atoms with Crippen molar-refractivity contribution in [3.8, 4) is 0 Å². The lowest BCUT2D eigenvalue weighted by atomic mass is 9.87. The molecule has 1 atom stereocenters. The van der Waals surface area contributed by atoms with Crippen LogP contribution in [0.1, 0.15) is 49.9 Å². The van der Waals surface area contributed by atoms with Crippen LogP contribution in [-0.2, 0) is 21.4 Å². The molecule has 1 heterocycles. The van der Waals surface area contributed by atoms with Crippen LogP contribution in [0.4, 0.5) is 11.4 Å². The predicted octanol–water partition coefficient (Wildman–Crippen LogP) is 6.15. The summed E-state index contributed by atoms with van der Waals surface area (Å²) in [5.74, 6) is -1.24. The van der Waals surface area contributed by atoms with Gasteiger partial charge in [-0.3, -0.25) is 14.5 Å². The number of amides is 1. The summed E-state index contributed by atoms with van der Waals surface area (Å²) in [5.41, 5.74) is 4.74. The molecule has 5 heteroatoms. The van der Waals surface area contributed by atoms with Crippen LogP contribution >= 0.6 is 0 Å². The third-order valence-electron chi connectivity index (χ3n) is 6.73. The second-order valence-corrected chi connectivity index (χ2v) is 10.5. The van der Waals surface area contributed by atoms with Crippen molar-refractivity contribution in [2.45, 2.75) is 45.1 Å². The van der Waals surface area contributed by atoms with Crippen molar-refractivity contribution in [1.82, 2.24) is 0 Å². The Labute approximate surface area is 213 Å². The topological polar surface area (TPSA) is 60.9 Å². The zero-order chi connectivity index (χ0) is 26.0. The lowest BCUT2D eigenvalue weighted by Crippen LogP contribution is -2.31. The number of rotatable bonds is 7. The average Bonchev–Trinajstić information content (AvgIpc) is 3.13. The number of Topliss-reactive ketones (excluding diaryl/α,β-unsaturated/α-hetero) is 1. The molecule has 0 saturated heterocycles. The Morgan fingerprint density at radius 1 is 0.917 bits per heavy atom. The fourth-order valence-corrected chi connectivity index (χ4v) is 4.59. The minimum Gasteiger partial charge on any atom is -0.503 e. The van der Waals surface area contributed by atoms with E-state index in [0.29, 0.717) is 12.1 Å². The van der Waals surface area contributed by atoms with Crippen molar-refractivity contribution in [2.75, 3.05) is 23.9 Å². The summed E-state index contributed by atoms with van der Waals surface area (Å²) >= 11 is 0. The normalized spacial score (nSPS) is 16.0. The lowest BCUT2D eigenvalue weighted by molar-refractivity contribution is -0.118. The summed E-state index contributed by atoms with van der Waals surface area (Å²) in [6, 6.07) is 24.6. The van der Waals surface area contributed by atoms with E-state index in [1.807, 2.05) is 97.9 Å². The molecular weight excluding hydrogens is 448 g/mol. The highest BCUT2D eigenvalue weighted by molar-refractivity contribution is 6.16. The van der Waals surface area contributed by atoms with Crippen LogP contribution in [0.25, 0.3) is 0 Å². The maximum atomic E-state index is 13.5. The molecule has 36 heavy (non-hydrogen) atoms. The average molecular weight is 483 g/mol. The van der Waals surface area contributed by atoms with Gasteiger partial charge in [0.1, 0.15) is 0 Å². The lowest BCUT2D eigenvalue weighted by Gasteiger charge is -2.28. The summed E-state index contributed by atoms with van der Waals surface area (Å²) in [5, 5.41) is 11.0. The van der Waals surface area contributed by atoms with Crippen LogP contribution < -0.4 is 9.80 Å². The molecule has 1 amide bonds. The van der Waals surface area contributed by atoms with E-state index in [0.717, 1.165) is 22.4 Å². The van der Waals surface area contributed by atoms with Crippen molar-refractivity contribution < 1.29 is 14.7 Å². The second kappa shape index (κ2) is 10.0. The van der Waals surface area contributed by atoms with Crippen molar-refractivity contribution >= 4 is 23.1 Å². The molecule has 0 aliphatic carbocycles. The number of nitrogens with zero attached hydrogens (tertiary/aromatic N) is 2. The molecular formula is C31H34N2O3. The minimum absolute atomic E-state index is 0.0338. The van der Waals surface area contributed by atoms with Crippen LogP contribution in [-0.4, -0.2) is 30.9 Å². The molecule has 0 fully saturated rings. The van der Waals surface area contributed by atoms with Gasteiger partial charge in [0.15, 0.2) is 11.5 Å². The molecule has 1 N–H and O–H groups in total. The molecule has 0 radical (unpaired) electrons. The summed E-state index contributed by atoms with van der Waals surface area (Å²) in [6.45, 7) is 6.40. The minimum atomic E-state index is -0.697. The van der Waals surface area contributed by atoms with E-state index in [-0.39, 0.29) is 23.2 Å². The van der Waals surface area contributed by atoms with Gasteiger partial charge in [-0.15, -0.1) is 0 Å². The van der Waals surface area contributed by atoms with E-state index >= 15 is 0 Å². The zero-order valence-corrected chi connectivity index (χ0v) is 21.7. The Hall–Kier alpha value is -3.86. The fraction of sp³-hybridized carbons (Fsp3) is 0.290. The Kier molecular flexibility index (Phi) is 7.02. The Morgan fingerprint density at radius 2 is 1.53 bits per heavy atom. The first-order valence-electron chi connectivity index (χ1n) is 12.3. The molecule has 3 aromatic carbocycles. The van der Waals surface area contributed by atoms with Gasteiger partial charge in [0.2, 0.25) is 0 Å². The molecule has 0 saturated carbocycles. The van der Waals surface area contributed by atoms with Crippen LogP contribution in [0, 0.1) is 0 Å². The number of carbonyl (C=O) groups is 2. The number of benzene rings is 3. The van der Waals surface area contributed by atoms with Crippen molar-refractivity contribution in [1.29, 1.82) is 0 Å². The van der Waals surface area contributed by atoms with Crippen LogP contribution in [0.2, 0.25) is 0 Å². The first-order chi connectivity index (χ1) is 17.1. The van der Waals surface area contributed by atoms with Crippen LogP contribution in [0.3, 0.4) is 0 Å². The van der Waals surface area contributed by atoms with E-state index in [9.17, 15) is 14.7 Å². The number of carbonyl (C=O) groups excluding carboxylic acids is 2. The van der Waals surface area contributed by atoms with Gasteiger partial charge in [-0.1, -0.05) is 75.4 Å². The summed E-state index contributed by atoms with van der Waals surface area (Å²) in [7, 11) is 3.92. The Morgan fingerprint density at radius 3 is 2.08 bits per heavy atom. The third-order valence-corrected chi connectivity index (χ3v) is 6.73. The van der Waals surface area contributed by atoms with E-state index in [1.54, 1.807) is 4.90 Å². The van der Waals surface area contributed by atoms with Gasteiger partial charge in [-0.05, 0) is 52.8 Å². The van der Waals surface area contributed by atoms with Crippen molar-refractivity contribution in [3.63, 3.8) is 0 Å². The molecule has 1 unspecified atom stereocenters. The van der Waals surface area contributed by atoms with Crippen LogP contribution in [0.5, 0.6) is 0 Å². The smallest absolute Gasteiger partial charge is 0.294 e. The van der Waals surface area contributed by atoms with E-state index in [1.165, 1.54) is 0 Å². The standard InChI is InChI=1S/C31H34N2O3/c1-31(2,3)23-14-18-25(19-15-23)33-28(22-12-16-24(17-13-22)32(4)5)27(29(35)30(33)36)26(34)20-11-21-9-7-6-8-10-21/h6-10,12-19,28,35H,11,20H2,1-5H3. The van der Waals surface area contributed by atoms with Gasteiger partial charge >= 0.3 is 0 Å². The molecule has 0 aromatic heterocycles. The molecule has 0 bridgehead atoms.